The van der Waals surface area contributed by atoms with Gasteiger partial charge in [-0.1, -0.05) is 36.4 Å². The van der Waals surface area contributed by atoms with E-state index in [0.29, 0.717) is 43.1 Å². The van der Waals surface area contributed by atoms with Crippen molar-refractivity contribution in [3.63, 3.8) is 0 Å². The number of rotatable bonds is 12. The van der Waals surface area contributed by atoms with Crippen LogP contribution >= 0.6 is 22.7 Å². The second-order valence-electron chi connectivity index (χ2n) is 12.0. The van der Waals surface area contributed by atoms with Gasteiger partial charge in [-0.2, -0.15) is 10.2 Å². The van der Waals surface area contributed by atoms with Gasteiger partial charge in [0.25, 0.3) is 11.8 Å². The Morgan fingerprint density at radius 1 is 0.849 bits per heavy atom. The highest BCUT2D eigenvalue weighted by Crippen LogP contribution is 2.39. The highest BCUT2D eigenvalue weighted by Gasteiger charge is 2.29. The SMILES string of the molecule is COc1ccc(CNC(=O)c2sc3nnc(C)c(C)c3c2NN(CCNC(=O)OCc2ccccc2)C(=O)c2sc3nnc(C)c(C)c3c2N)cc1F. The van der Waals surface area contributed by atoms with Gasteiger partial charge < -0.3 is 25.8 Å². The van der Waals surface area contributed by atoms with Crippen molar-refractivity contribution >= 4 is 72.4 Å². The summed E-state index contributed by atoms with van der Waals surface area (Å²) in [5.74, 6) is -1.51. The van der Waals surface area contributed by atoms with Crippen molar-refractivity contribution in [1.29, 1.82) is 0 Å². The number of amides is 3. The first-order chi connectivity index (χ1) is 25.5. The molecule has 14 nitrogen and oxygen atoms in total. The van der Waals surface area contributed by atoms with Crippen molar-refractivity contribution in [2.45, 2.75) is 40.8 Å². The zero-order chi connectivity index (χ0) is 37.8. The number of nitrogen functional groups attached to an aromatic ring is 1. The third-order valence-corrected chi connectivity index (χ3v) is 10.8. The Bertz CT molecular complexity index is 2350. The van der Waals surface area contributed by atoms with Crippen LogP contribution in [0.25, 0.3) is 20.4 Å². The van der Waals surface area contributed by atoms with Gasteiger partial charge in [0.1, 0.15) is 26.0 Å². The monoisotopic (exact) mass is 757 g/mol. The molecule has 3 amide bonds. The van der Waals surface area contributed by atoms with Crippen LogP contribution in [0.1, 0.15) is 53.0 Å². The number of aromatic nitrogens is 4. The highest BCUT2D eigenvalue weighted by atomic mass is 32.1. The van der Waals surface area contributed by atoms with Crippen LogP contribution in [0.4, 0.5) is 20.6 Å². The van der Waals surface area contributed by atoms with Crippen LogP contribution in [0.2, 0.25) is 0 Å². The normalized spacial score (nSPS) is 11.1. The number of nitrogens with one attached hydrogen (secondary N) is 3. The zero-order valence-electron chi connectivity index (χ0n) is 29.5. The molecule has 2 aromatic carbocycles. The molecule has 0 atom stereocenters. The summed E-state index contributed by atoms with van der Waals surface area (Å²) in [4.78, 5) is 42.3. The molecule has 6 aromatic rings. The van der Waals surface area contributed by atoms with Crippen molar-refractivity contribution < 1.29 is 28.2 Å². The van der Waals surface area contributed by atoms with E-state index in [1.807, 2.05) is 51.1 Å². The molecule has 0 aliphatic heterocycles. The van der Waals surface area contributed by atoms with E-state index in [9.17, 15) is 18.8 Å². The van der Waals surface area contributed by atoms with E-state index in [1.54, 1.807) is 13.0 Å². The van der Waals surface area contributed by atoms with Crippen LogP contribution in [-0.4, -0.2) is 63.5 Å². The molecule has 0 saturated heterocycles. The summed E-state index contributed by atoms with van der Waals surface area (Å²) < 4.78 is 24.8. The quantitative estimate of drug-likeness (QED) is 0.108. The minimum atomic E-state index is -0.679. The lowest BCUT2D eigenvalue weighted by molar-refractivity contribution is 0.0795. The molecule has 53 heavy (non-hydrogen) atoms. The average Bonchev–Trinajstić information content (AvgIpc) is 3.70. The van der Waals surface area contributed by atoms with E-state index in [0.717, 1.165) is 39.4 Å². The van der Waals surface area contributed by atoms with E-state index < -0.39 is 23.7 Å². The second-order valence-corrected chi connectivity index (χ2v) is 14.0. The third-order valence-electron chi connectivity index (χ3n) is 8.61. The number of aryl methyl sites for hydroxylation is 4. The number of hydrazine groups is 1. The molecule has 0 unspecified atom stereocenters. The molecule has 17 heteroatoms. The first-order valence-corrected chi connectivity index (χ1v) is 18.0. The number of thiophene rings is 2. The minimum absolute atomic E-state index is 0.00685. The molecule has 0 fully saturated rings. The number of benzene rings is 2. The first-order valence-electron chi connectivity index (χ1n) is 16.4. The number of methoxy groups -OCH3 is 1. The van der Waals surface area contributed by atoms with Gasteiger partial charge >= 0.3 is 6.09 Å². The Morgan fingerprint density at radius 3 is 2.19 bits per heavy atom. The Labute approximate surface area is 311 Å². The van der Waals surface area contributed by atoms with Gasteiger partial charge in [-0.15, -0.1) is 32.9 Å². The van der Waals surface area contributed by atoms with E-state index >= 15 is 0 Å². The first kappa shape index (κ1) is 36.8. The summed E-state index contributed by atoms with van der Waals surface area (Å²) in [6.07, 6.45) is -0.679. The summed E-state index contributed by atoms with van der Waals surface area (Å²) >= 11 is 2.17. The molecule has 4 aromatic heterocycles. The van der Waals surface area contributed by atoms with Gasteiger partial charge in [0, 0.05) is 23.9 Å². The van der Waals surface area contributed by atoms with E-state index in [4.69, 9.17) is 15.2 Å². The molecule has 0 radical (unpaired) electrons. The molecule has 274 valence electrons. The number of ether oxygens (including phenoxy) is 2. The largest absolute Gasteiger partial charge is 0.494 e. The standard InChI is InChI=1S/C36H36FN9O5S2/c1-18-20(3)41-43-33-26(18)28(38)30(52-33)35(48)46(14-13-39-36(49)51-17-22-9-7-6-8-10-22)45-29-27-19(2)21(4)42-44-34(27)53-31(29)32(47)40-16-23-11-12-25(50-5)24(37)15-23/h6-12,15,45H,13-14,16-17,38H2,1-5H3,(H,39,49)(H,40,47). The highest BCUT2D eigenvalue weighted by molar-refractivity contribution is 7.21. The zero-order valence-corrected chi connectivity index (χ0v) is 31.1. The van der Waals surface area contributed by atoms with Crippen molar-refractivity contribution in [2.24, 2.45) is 0 Å². The predicted octanol–water partition coefficient (Wildman–Crippen LogP) is 5.99. The van der Waals surface area contributed by atoms with E-state index in [-0.39, 0.29) is 47.4 Å². The third kappa shape index (κ3) is 7.80. The number of hydrogen-bond donors (Lipinski definition) is 4. The minimum Gasteiger partial charge on any atom is -0.494 e. The van der Waals surface area contributed by atoms with Crippen LogP contribution in [0.15, 0.2) is 48.5 Å². The lowest BCUT2D eigenvalue weighted by atomic mass is 10.1. The fourth-order valence-electron chi connectivity index (χ4n) is 5.47. The molecule has 4 heterocycles. The van der Waals surface area contributed by atoms with Crippen LogP contribution in [-0.2, 0) is 17.9 Å². The fourth-order valence-corrected chi connectivity index (χ4v) is 7.57. The lowest BCUT2D eigenvalue weighted by Crippen LogP contribution is -2.42. The van der Waals surface area contributed by atoms with Crippen molar-refractivity contribution in [3.8, 4) is 5.75 Å². The van der Waals surface area contributed by atoms with Crippen LogP contribution in [0, 0.1) is 33.5 Å². The average molecular weight is 758 g/mol. The number of alkyl carbamates (subject to hydrolysis) is 1. The fraction of sp³-hybridized carbons (Fsp3) is 0.250. The molecule has 0 saturated carbocycles. The number of anilines is 2. The summed E-state index contributed by atoms with van der Waals surface area (Å²) in [6.45, 7) is 7.27. The smallest absolute Gasteiger partial charge is 0.407 e. The Hall–Kier alpha value is -5.94. The van der Waals surface area contributed by atoms with E-state index in [2.05, 4.69) is 36.5 Å². The number of carbonyl (C=O) groups excluding carboxylic acids is 3. The van der Waals surface area contributed by atoms with Crippen molar-refractivity contribution in [3.05, 3.63) is 97.7 Å². The lowest BCUT2D eigenvalue weighted by Gasteiger charge is -2.25. The number of hydrogen-bond acceptors (Lipinski definition) is 13. The summed E-state index contributed by atoms with van der Waals surface area (Å²) in [5, 5.41) is 25.0. The van der Waals surface area contributed by atoms with Gasteiger partial charge in [0.05, 0.1) is 36.4 Å². The second kappa shape index (κ2) is 15.7. The van der Waals surface area contributed by atoms with Gasteiger partial charge in [-0.25, -0.2) is 14.2 Å². The van der Waals surface area contributed by atoms with Crippen LogP contribution < -0.4 is 26.5 Å². The summed E-state index contributed by atoms with van der Waals surface area (Å²) in [7, 11) is 1.37. The Balaban J connectivity index is 1.32. The molecular formula is C36H36FN9O5S2. The number of carbonyl (C=O) groups is 3. The number of halogens is 1. The van der Waals surface area contributed by atoms with Crippen LogP contribution in [0.5, 0.6) is 5.75 Å². The number of nitrogens with two attached hydrogens (primary N) is 1. The molecule has 6 rings (SSSR count). The van der Waals surface area contributed by atoms with Crippen LogP contribution in [0.3, 0.4) is 0 Å². The van der Waals surface area contributed by atoms with Crippen molar-refractivity contribution in [1.82, 2.24) is 36.0 Å². The summed E-state index contributed by atoms with van der Waals surface area (Å²) in [6, 6.07) is 13.6. The van der Waals surface area contributed by atoms with Crippen molar-refractivity contribution in [2.75, 3.05) is 31.4 Å². The Kier molecular flexibility index (Phi) is 10.9. The molecule has 0 bridgehead atoms. The predicted molar refractivity (Wildman–Crippen MR) is 202 cm³/mol. The van der Waals surface area contributed by atoms with Gasteiger partial charge in [0.15, 0.2) is 11.6 Å². The van der Waals surface area contributed by atoms with Gasteiger partial charge in [-0.3, -0.25) is 15.0 Å². The van der Waals surface area contributed by atoms with Gasteiger partial charge in [0.2, 0.25) is 0 Å². The molecule has 0 aliphatic rings. The maximum absolute atomic E-state index is 14.4. The van der Waals surface area contributed by atoms with Gasteiger partial charge in [-0.05, 0) is 62.1 Å². The van der Waals surface area contributed by atoms with E-state index in [1.165, 1.54) is 24.3 Å². The maximum atomic E-state index is 14.4. The maximum Gasteiger partial charge on any atom is 0.407 e. The number of nitrogens with zero attached hydrogens (tertiary/aromatic N) is 5. The molecule has 0 aliphatic carbocycles. The number of fused-ring (bicyclic) bond motifs is 2. The Morgan fingerprint density at radius 2 is 1.51 bits per heavy atom. The molecule has 0 spiro atoms. The molecule has 5 N–H and O–H groups in total. The topological polar surface area (TPSA) is 187 Å². The molecular weight excluding hydrogens is 722 g/mol. The summed E-state index contributed by atoms with van der Waals surface area (Å²) in [5.41, 5.74) is 14.5.